The van der Waals surface area contributed by atoms with Gasteiger partial charge in [0.1, 0.15) is 17.2 Å². The molecule has 8 nitrogen and oxygen atoms in total. The van der Waals surface area contributed by atoms with Crippen molar-refractivity contribution in [3.63, 3.8) is 0 Å². The summed E-state index contributed by atoms with van der Waals surface area (Å²) in [5, 5.41) is 3.13. The number of amides is 2. The Morgan fingerprint density at radius 3 is 1.74 bits per heavy atom. The number of β-lactam (4-membered cyclic amide) rings is 1. The van der Waals surface area contributed by atoms with Gasteiger partial charge >= 0.3 is 13.3 Å². The molecule has 0 spiro atoms. The fraction of sp³-hybridized carbons (Fsp3) is 0.125. The van der Waals surface area contributed by atoms with Gasteiger partial charge in [-0.15, -0.1) is 11.8 Å². The van der Waals surface area contributed by atoms with Crippen LogP contribution >= 0.6 is 19.1 Å². The van der Waals surface area contributed by atoms with Crippen molar-refractivity contribution in [2.45, 2.75) is 23.9 Å². The van der Waals surface area contributed by atoms with Crippen LogP contribution in [-0.2, 0) is 34.6 Å². The third kappa shape index (κ3) is 6.75. The highest BCUT2D eigenvalue weighted by molar-refractivity contribution is 8.00. The molecule has 7 rings (SSSR count). The molecule has 2 aliphatic rings. The normalized spacial score (nSPS) is 17.1. The Bertz CT molecular complexity index is 1980. The van der Waals surface area contributed by atoms with Crippen molar-refractivity contribution in [1.29, 1.82) is 0 Å². The number of hydrogen-bond acceptors (Lipinski definition) is 7. The number of nitrogens with zero attached hydrogens (tertiary/aromatic N) is 1. The van der Waals surface area contributed by atoms with Crippen LogP contribution in [0.2, 0.25) is 0 Å². The Hall–Kier alpha value is -5.37. The summed E-state index contributed by atoms with van der Waals surface area (Å²) in [4.78, 5) is 42.7. The fourth-order valence-corrected chi connectivity index (χ4v) is 9.50. The standard InChI is InChI=1S/C40H33N2O6PS/c43-34(26-28-16-6-1-7-17-28)41-35-38(44)42-36(40(45)47-37(29-18-8-2-9-19-29)30-20-10-3-11-21-30)33(27-50-39(35)42)48-49(46,31-22-12-4-13-23-31)32-24-14-5-15-25-32/h1-25,35,37,39H,26-27H2,(H,41,43)/t35?,39-/m1/s1. The Balaban J connectivity index is 1.26. The third-order valence-electron chi connectivity index (χ3n) is 8.51. The second-order valence-electron chi connectivity index (χ2n) is 11.8. The lowest BCUT2D eigenvalue weighted by Crippen LogP contribution is -2.70. The van der Waals surface area contributed by atoms with Crippen LogP contribution in [0.5, 0.6) is 0 Å². The van der Waals surface area contributed by atoms with E-state index >= 15 is 4.57 Å². The lowest BCUT2D eigenvalue weighted by Gasteiger charge is -2.49. The average molecular weight is 701 g/mol. The van der Waals surface area contributed by atoms with E-state index in [-0.39, 0.29) is 29.5 Å². The van der Waals surface area contributed by atoms with Gasteiger partial charge in [0.2, 0.25) is 5.91 Å². The van der Waals surface area contributed by atoms with E-state index in [0.717, 1.165) is 16.7 Å². The molecule has 1 fully saturated rings. The van der Waals surface area contributed by atoms with E-state index in [1.54, 1.807) is 48.5 Å². The predicted molar refractivity (Wildman–Crippen MR) is 194 cm³/mol. The van der Waals surface area contributed by atoms with Gasteiger partial charge in [-0.05, 0) is 41.0 Å². The highest BCUT2D eigenvalue weighted by atomic mass is 32.2. The Labute approximate surface area is 294 Å². The van der Waals surface area contributed by atoms with Gasteiger partial charge in [0.05, 0.1) is 22.8 Å². The van der Waals surface area contributed by atoms with Gasteiger partial charge in [0.25, 0.3) is 5.91 Å². The Kier molecular flexibility index (Phi) is 9.69. The van der Waals surface area contributed by atoms with Crippen molar-refractivity contribution in [1.82, 2.24) is 10.2 Å². The summed E-state index contributed by atoms with van der Waals surface area (Å²) in [7, 11) is -3.83. The molecule has 1 unspecified atom stereocenters. The van der Waals surface area contributed by atoms with E-state index in [1.807, 2.05) is 103 Å². The molecule has 0 bridgehead atoms. The minimum atomic E-state index is -3.83. The zero-order valence-electron chi connectivity index (χ0n) is 26.8. The molecule has 10 heteroatoms. The molecule has 5 aromatic carbocycles. The minimum Gasteiger partial charge on any atom is -0.448 e. The maximum Gasteiger partial charge on any atom is 0.359 e. The van der Waals surface area contributed by atoms with Gasteiger partial charge in [-0.25, -0.2) is 4.79 Å². The quantitative estimate of drug-likeness (QED) is 0.101. The Morgan fingerprint density at radius 2 is 1.22 bits per heavy atom. The molecule has 1 saturated heterocycles. The summed E-state index contributed by atoms with van der Waals surface area (Å²) < 4.78 is 27.8. The van der Waals surface area contributed by atoms with Gasteiger partial charge in [-0.3, -0.25) is 19.1 Å². The van der Waals surface area contributed by atoms with Crippen LogP contribution in [-0.4, -0.2) is 39.9 Å². The van der Waals surface area contributed by atoms with Crippen molar-refractivity contribution in [3.05, 3.63) is 180 Å². The van der Waals surface area contributed by atoms with E-state index < -0.39 is 36.8 Å². The SMILES string of the molecule is O=C(Cc1ccccc1)NC1C(=O)N2C(C(=O)OC(c3ccccc3)c3ccccc3)=C(OP(=O)(c3ccccc3)c3ccccc3)CS[C@H]12. The fourth-order valence-electron chi connectivity index (χ4n) is 6.06. The van der Waals surface area contributed by atoms with Crippen molar-refractivity contribution in [2.75, 3.05) is 5.75 Å². The maximum absolute atomic E-state index is 15.0. The van der Waals surface area contributed by atoms with Crippen molar-refractivity contribution in [3.8, 4) is 0 Å². The number of thioether (sulfide) groups is 1. The molecule has 2 atom stereocenters. The van der Waals surface area contributed by atoms with E-state index in [9.17, 15) is 14.4 Å². The Morgan fingerprint density at radius 1 is 0.740 bits per heavy atom. The minimum absolute atomic E-state index is 0.0644. The van der Waals surface area contributed by atoms with Crippen molar-refractivity contribution in [2.24, 2.45) is 0 Å². The number of carbonyl (C=O) groups excluding carboxylic acids is 3. The number of esters is 1. The van der Waals surface area contributed by atoms with Crippen LogP contribution < -0.4 is 15.9 Å². The summed E-state index contributed by atoms with van der Waals surface area (Å²) in [6, 6.07) is 44.7. The lowest BCUT2D eigenvalue weighted by atomic mass is 10.0. The van der Waals surface area contributed by atoms with Gasteiger partial charge in [0, 0.05) is 0 Å². The largest absolute Gasteiger partial charge is 0.448 e. The van der Waals surface area contributed by atoms with Crippen LogP contribution in [0, 0.1) is 0 Å². The van der Waals surface area contributed by atoms with Gasteiger partial charge < -0.3 is 14.6 Å². The summed E-state index contributed by atoms with van der Waals surface area (Å²) in [6.45, 7) is 0. The molecule has 1 N–H and O–H groups in total. The first-order valence-corrected chi connectivity index (χ1v) is 18.8. The van der Waals surface area contributed by atoms with Gasteiger partial charge in [-0.2, -0.15) is 0 Å². The second kappa shape index (κ2) is 14.6. The summed E-state index contributed by atoms with van der Waals surface area (Å²) in [5.41, 5.74) is 2.15. The number of hydrogen-bond donors (Lipinski definition) is 1. The molecule has 2 aliphatic heterocycles. The molecular formula is C40H33N2O6PS. The molecule has 250 valence electrons. The second-order valence-corrected chi connectivity index (χ2v) is 15.2. The molecule has 5 aromatic rings. The maximum atomic E-state index is 15.0. The predicted octanol–water partition coefficient (Wildman–Crippen LogP) is 6.12. The zero-order valence-corrected chi connectivity index (χ0v) is 28.5. The molecule has 0 radical (unpaired) electrons. The monoisotopic (exact) mass is 700 g/mol. The summed E-state index contributed by atoms with van der Waals surface area (Å²) in [5.74, 6) is -1.43. The van der Waals surface area contributed by atoms with Crippen LogP contribution in [0.25, 0.3) is 0 Å². The van der Waals surface area contributed by atoms with E-state index in [4.69, 9.17) is 9.26 Å². The average Bonchev–Trinajstić information content (AvgIpc) is 3.17. The molecule has 0 aromatic heterocycles. The van der Waals surface area contributed by atoms with Crippen molar-refractivity contribution >= 4 is 47.5 Å². The summed E-state index contributed by atoms with van der Waals surface area (Å²) >= 11 is 1.32. The highest BCUT2D eigenvalue weighted by Crippen LogP contribution is 2.51. The lowest BCUT2D eigenvalue weighted by molar-refractivity contribution is -0.155. The smallest absolute Gasteiger partial charge is 0.359 e. The molecule has 2 heterocycles. The van der Waals surface area contributed by atoms with Crippen LogP contribution in [0.15, 0.2) is 163 Å². The van der Waals surface area contributed by atoms with Crippen molar-refractivity contribution < 1.29 is 28.2 Å². The van der Waals surface area contributed by atoms with E-state index in [0.29, 0.717) is 10.6 Å². The third-order valence-corrected chi connectivity index (χ3v) is 12.2. The number of benzene rings is 5. The van der Waals surface area contributed by atoms with Crippen LogP contribution in [0.4, 0.5) is 0 Å². The first kappa shape index (κ1) is 33.1. The number of carbonyl (C=O) groups is 3. The molecule has 0 aliphatic carbocycles. The molecule has 50 heavy (non-hydrogen) atoms. The number of rotatable bonds is 11. The molecule has 0 saturated carbocycles. The van der Waals surface area contributed by atoms with E-state index in [1.165, 1.54) is 16.7 Å². The first-order valence-electron chi connectivity index (χ1n) is 16.2. The first-order chi connectivity index (χ1) is 24.4. The summed E-state index contributed by atoms with van der Waals surface area (Å²) in [6.07, 6.45) is -0.701. The van der Waals surface area contributed by atoms with Gasteiger partial charge in [-0.1, -0.05) is 127 Å². The topological polar surface area (TPSA) is 102 Å². The van der Waals surface area contributed by atoms with Crippen LogP contribution in [0.3, 0.4) is 0 Å². The highest BCUT2D eigenvalue weighted by Gasteiger charge is 2.56. The zero-order chi connectivity index (χ0) is 34.5. The van der Waals surface area contributed by atoms with Crippen LogP contribution in [0.1, 0.15) is 22.8 Å². The number of fused-ring (bicyclic) bond motifs is 1. The van der Waals surface area contributed by atoms with Gasteiger partial charge in [0.15, 0.2) is 11.8 Å². The number of ether oxygens (including phenoxy) is 1. The molecule has 2 amide bonds. The molecular weight excluding hydrogens is 667 g/mol. The number of nitrogens with one attached hydrogen (secondary N) is 1. The van der Waals surface area contributed by atoms with E-state index in [2.05, 4.69) is 5.32 Å².